The molecule has 0 N–H and O–H groups in total. The van der Waals surface area contributed by atoms with Crippen LogP contribution in [0.5, 0.6) is 11.5 Å². The Kier molecular flexibility index (Phi) is 4.62. The van der Waals surface area contributed by atoms with E-state index >= 15 is 0 Å². The SMILES string of the molecule is Cc1cc(C)c2c(c1)Oc1cc(-c3ccccc3C)cc3c1B2c1ccccc1N3c1ccccc1. The molecule has 0 radical (unpaired) electrons. The van der Waals surface area contributed by atoms with Crippen LogP contribution in [-0.4, -0.2) is 6.71 Å². The number of nitrogens with zero attached hydrogens (tertiary/aromatic N) is 1. The molecule has 2 nitrogen and oxygen atoms in total. The normalized spacial score (nSPS) is 13.0. The van der Waals surface area contributed by atoms with Crippen molar-refractivity contribution in [3.05, 3.63) is 120 Å². The molecule has 0 aliphatic carbocycles. The highest BCUT2D eigenvalue weighted by atomic mass is 16.5. The number of rotatable bonds is 2. The predicted molar refractivity (Wildman–Crippen MR) is 152 cm³/mol. The van der Waals surface area contributed by atoms with Gasteiger partial charge < -0.3 is 9.64 Å². The molecule has 172 valence electrons. The van der Waals surface area contributed by atoms with Crippen molar-refractivity contribution < 1.29 is 4.74 Å². The molecule has 0 amide bonds. The number of hydrogen-bond acceptors (Lipinski definition) is 2. The topological polar surface area (TPSA) is 12.5 Å². The largest absolute Gasteiger partial charge is 0.458 e. The molecule has 0 atom stereocenters. The maximum atomic E-state index is 6.76. The average Bonchev–Trinajstić information content (AvgIpc) is 2.88. The van der Waals surface area contributed by atoms with Gasteiger partial charge >= 0.3 is 0 Å². The standard InChI is InChI=1S/C33H26BNO/c1-21-17-23(3)32-30(18-21)36-31-20-24(26-14-8-7-11-22(26)2)19-29-33(31)34(32)27-15-9-10-16-28(27)35(29)25-12-5-4-6-13-25/h4-20H,1-3H3. The molecule has 3 heteroatoms. The van der Waals surface area contributed by atoms with Gasteiger partial charge in [0.1, 0.15) is 11.5 Å². The Balaban J connectivity index is 1.59. The number of fused-ring (bicyclic) bond motifs is 4. The van der Waals surface area contributed by atoms with Crippen molar-refractivity contribution in [3.63, 3.8) is 0 Å². The Hall–Kier alpha value is -4.24. The summed E-state index contributed by atoms with van der Waals surface area (Å²) < 4.78 is 6.76. The minimum atomic E-state index is 0.126. The van der Waals surface area contributed by atoms with Crippen molar-refractivity contribution in [2.24, 2.45) is 0 Å². The Bertz CT molecular complexity index is 1660. The summed E-state index contributed by atoms with van der Waals surface area (Å²) in [5, 5.41) is 0. The van der Waals surface area contributed by atoms with E-state index in [0.29, 0.717) is 0 Å². The molecular formula is C33H26BNO. The quantitative estimate of drug-likeness (QED) is 0.265. The van der Waals surface area contributed by atoms with E-state index in [9.17, 15) is 0 Å². The minimum Gasteiger partial charge on any atom is -0.458 e. The van der Waals surface area contributed by atoms with Gasteiger partial charge in [0.25, 0.3) is 6.71 Å². The zero-order valence-corrected chi connectivity index (χ0v) is 20.7. The van der Waals surface area contributed by atoms with Gasteiger partial charge in [-0.2, -0.15) is 0 Å². The van der Waals surface area contributed by atoms with E-state index in [2.05, 4.69) is 129 Å². The van der Waals surface area contributed by atoms with E-state index in [0.717, 1.165) is 17.2 Å². The zero-order valence-electron chi connectivity index (χ0n) is 20.7. The molecule has 36 heavy (non-hydrogen) atoms. The fourth-order valence-corrected chi connectivity index (χ4v) is 6.11. The molecule has 0 saturated carbocycles. The third kappa shape index (κ3) is 3.06. The van der Waals surface area contributed by atoms with Gasteiger partial charge in [0, 0.05) is 17.1 Å². The highest BCUT2D eigenvalue weighted by Crippen LogP contribution is 2.43. The summed E-state index contributed by atoms with van der Waals surface area (Å²) in [4.78, 5) is 2.41. The lowest BCUT2D eigenvalue weighted by atomic mass is 9.33. The Morgan fingerprint density at radius 1 is 0.611 bits per heavy atom. The molecule has 5 aromatic rings. The second kappa shape index (κ2) is 7.89. The third-order valence-corrected chi connectivity index (χ3v) is 7.61. The van der Waals surface area contributed by atoms with Crippen LogP contribution in [0.1, 0.15) is 16.7 Å². The fraction of sp³-hybridized carbons (Fsp3) is 0.0909. The molecule has 0 spiro atoms. The Labute approximate surface area is 212 Å². The van der Waals surface area contributed by atoms with Gasteiger partial charge in [-0.05, 0) is 95.8 Å². The number of para-hydroxylation sites is 2. The number of ether oxygens (including phenoxy) is 1. The van der Waals surface area contributed by atoms with Crippen LogP contribution in [0, 0.1) is 20.8 Å². The van der Waals surface area contributed by atoms with Crippen molar-refractivity contribution in [3.8, 4) is 22.6 Å². The van der Waals surface area contributed by atoms with Crippen LogP contribution in [0.25, 0.3) is 11.1 Å². The van der Waals surface area contributed by atoms with E-state index in [1.807, 2.05) is 0 Å². The first kappa shape index (κ1) is 21.1. The Morgan fingerprint density at radius 2 is 1.33 bits per heavy atom. The molecule has 0 aromatic heterocycles. The third-order valence-electron chi connectivity index (χ3n) is 7.61. The van der Waals surface area contributed by atoms with Gasteiger partial charge in [-0.25, -0.2) is 0 Å². The summed E-state index contributed by atoms with van der Waals surface area (Å²) in [5.74, 6) is 1.92. The number of anilines is 3. The number of benzene rings is 5. The fourth-order valence-electron chi connectivity index (χ4n) is 6.11. The first-order valence-corrected chi connectivity index (χ1v) is 12.6. The lowest BCUT2D eigenvalue weighted by Crippen LogP contribution is -2.60. The Morgan fingerprint density at radius 3 is 2.17 bits per heavy atom. The van der Waals surface area contributed by atoms with Crippen molar-refractivity contribution >= 4 is 40.2 Å². The van der Waals surface area contributed by atoms with Crippen molar-refractivity contribution in [2.45, 2.75) is 20.8 Å². The van der Waals surface area contributed by atoms with E-state index in [1.54, 1.807) is 0 Å². The summed E-state index contributed by atoms with van der Waals surface area (Å²) in [7, 11) is 0. The first-order chi connectivity index (χ1) is 17.6. The highest BCUT2D eigenvalue weighted by Gasteiger charge is 2.42. The maximum absolute atomic E-state index is 6.76. The number of aryl methyl sites for hydroxylation is 3. The highest BCUT2D eigenvalue weighted by molar-refractivity contribution is 6.99. The molecule has 2 aliphatic heterocycles. The van der Waals surface area contributed by atoms with Crippen LogP contribution in [0.15, 0.2) is 103 Å². The second-order valence-electron chi connectivity index (χ2n) is 9.98. The van der Waals surface area contributed by atoms with Gasteiger partial charge in [0.05, 0.1) is 0 Å². The molecule has 5 aromatic carbocycles. The van der Waals surface area contributed by atoms with Crippen LogP contribution in [0.2, 0.25) is 0 Å². The van der Waals surface area contributed by atoms with Gasteiger partial charge in [-0.1, -0.05) is 72.3 Å². The zero-order chi connectivity index (χ0) is 24.4. The van der Waals surface area contributed by atoms with E-state index < -0.39 is 0 Å². The predicted octanol–water partition coefficient (Wildman–Crippen LogP) is 6.68. The van der Waals surface area contributed by atoms with Gasteiger partial charge in [-0.3, -0.25) is 0 Å². The van der Waals surface area contributed by atoms with Crippen LogP contribution in [0.3, 0.4) is 0 Å². The molecule has 0 saturated heterocycles. The number of hydrogen-bond donors (Lipinski definition) is 0. The van der Waals surface area contributed by atoms with Crippen LogP contribution in [-0.2, 0) is 0 Å². The van der Waals surface area contributed by atoms with Crippen LogP contribution in [0.4, 0.5) is 17.1 Å². The minimum absolute atomic E-state index is 0.126. The van der Waals surface area contributed by atoms with Crippen LogP contribution < -0.4 is 26.0 Å². The molecule has 2 heterocycles. The summed E-state index contributed by atoms with van der Waals surface area (Å²) in [6, 6.07) is 37.2. The second-order valence-corrected chi connectivity index (χ2v) is 9.98. The van der Waals surface area contributed by atoms with Gasteiger partial charge in [0.15, 0.2) is 0 Å². The lowest BCUT2D eigenvalue weighted by molar-refractivity contribution is 0.487. The lowest BCUT2D eigenvalue weighted by Gasteiger charge is -2.41. The molecule has 0 bridgehead atoms. The summed E-state index contributed by atoms with van der Waals surface area (Å²) in [6.45, 7) is 6.67. The summed E-state index contributed by atoms with van der Waals surface area (Å²) >= 11 is 0. The molecular weight excluding hydrogens is 437 g/mol. The molecule has 7 rings (SSSR count). The smallest absolute Gasteiger partial charge is 0.256 e. The van der Waals surface area contributed by atoms with Crippen molar-refractivity contribution in [1.82, 2.24) is 0 Å². The molecule has 0 fully saturated rings. The van der Waals surface area contributed by atoms with Gasteiger partial charge in [0.2, 0.25) is 0 Å². The molecule has 0 unspecified atom stereocenters. The van der Waals surface area contributed by atoms with Gasteiger partial charge in [-0.15, -0.1) is 0 Å². The van der Waals surface area contributed by atoms with E-state index in [1.165, 1.54) is 55.6 Å². The summed E-state index contributed by atoms with van der Waals surface area (Å²) in [5.41, 5.74) is 13.6. The molecule has 2 aliphatic rings. The van der Waals surface area contributed by atoms with E-state index in [4.69, 9.17) is 4.74 Å². The van der Waals surface area contributed by atoms with Crippen molar-refractivity contribution in [1.29, 1.82) is 0 Å². The monoisotopic (exact) mass is 463 g/mol. The van der Waals surface area contributed by atoms with E-state index in [-0.39, 0.29) is 6.71 Å². The van der Waals surface area contributed by atoms with Crippen LogP contribution >= 0.6 is 0 Å². The van der Waals surface area contributed by atoms with Crippen molar-refractivity contribution in [2.75, 3.05) is 4.90 Å². The first-order valence-electron chi connectivity index (χ1n) is 12.6. The maximum Gasteiger partial charge on any atom is 0.256 e. The summed E-state index contributed by atoms with van der Waals surface area (Å²) in [6.07, 6.45) is 0. The average molecular weight is 463 g/mol.